The van der Waals surface area contributed by atoms with Gasteiger partial charge in [-0.15, -0.1) is 11.8 Å². The Kier molecular flexibility index (Phi) is 8.08. The second-order valence-electron chi connectivity index (χ2n) is 6.77. The van der Waals surface area contributed by atoms with E-state index in [4.69, 9.17) is 4.74 Å². The van der Waals surface area contributed by atoms with E-state index in [9.17, 15) is 4.79 Å². The highest BCUT2D eigenvalue weighted by molar-refractivity contribution is 6.76. The maximum atomic E-state index is 12.1. The topological polar surface area (TPSA) is 29.5 Å². The molecule has 1 aromatic rings. The molecule has 126 valence electrons. The number of amides is 1. The zero-order chi connectivity index (χ0) is 17.3. The third kappa shape index (κ3) is 7.49. The Labute approximate surface area is 142 Å². The van der Waals surface area contributed by atoms with Gasteiger partial charge in [-0.2, -0.15) is 0 Å². The highest BCUT2D eigenvalue weighted by Crippen LogP contribution is 2.22. The highest BCUT2D eigenvalue weighted by Gasteiger charge is 2.22. The van der Waals surface area contributed by atoms with E-state index < -0.39 is 8.07 Å². The molecular formula is C19H29NO2Si. The van der Waals surface area contributed by atoms with Gasteiger partial charge in [-0.3, -0.25) is 4.79 Å². The Morgan fingerprint density at radius 1 is 1.22 bits per heavy atom. The van der Waals surface area contributed by atoms with E-state index in [1.165, 1.54) is 0 Å². The molecule has 0 aliphatic carbocycles. The first kappa shape index (κ1) is 19.5. The van der Waals surface area contributed by atoms with Crippen molar-refractivity contribution in [3.63, 3.8) is 0 Å². The summed E-state index contributed by atoms with van der Waals surface area (Å²) >= 11 is 0. The highest BCUT2D eigenvalue weighted by atomic mass is 28.3. The molecule has 4 heteroatoms. The fraction of sp³-hybridized carbons (Fsp3) is 0.526. The normalized spacial score (nSPS) is 12.2. The lowest BCUT2D eigenvalue weighted by Crippen LogP contribution is -2.35. The minimum absolute atomic E-state index is 0.0132. The largest absolute Gasteiger partial charge is 0.354 e. The third-order valence-electron chi connectivity index (χ3n) is 3.32. The molecule has 0 heterocycles. The maximum Gasteiger partial charge on any atom is 0.221 e. The molecule has 1 amide bonds. The summed E-state index contributed by atoms with van der Waals surface area (Å²) in [6, 6.07) is 10.9. The van der Waals surface area contributed by atoms with Gasteiger partial charge in [0.15, 0.2) is 6.23 Å². The van der Waals surface area contributed by atoms with Gasteiger partial charge in [0.05, 0.1) is 8.07 Å². The Morgan fingerprint density at radius 3 is 2.39 bits per heavy atom. The first-order chi connectivity index (χ1) is 10.8. The number of benzene rings is 1. The van der Waals surface area contributed by atoms with Crippen LogP contribution >= 0.6 is 0 Å². The van der Waals surface area contributed by atoms with Gasteiger partial charge < -0.3 is 9.64 Å². The Morgan fingerprint density at radius 2 is 1.87 bits per heavy atom. The summed E-state index contributed by atoms with van der Waals surface area (Å²) in [7, 11) is -1.12. The predicted octanol–water partition coefficient (Wildman–Crippen LogP) is 4.30. The van der Waals surface area contributed by atoms with E-state index >= 15 is 0 Å². The summed E-state index contributed by atoms with van der Waals surface area (Å²) in [5, 5.41) is 0. The van der Waals surface area contributed by atoms with Crippen LogP contribution in [0.2, 0.25) is 25.7 Å². The molecule has 0 aromatic heterocycles. The van der Waals surface area contributed by atoms with Gasteiger partial charge in [-0.25, -0.2) is 0 Å². The molecule has 3 nitrogen and oxygen atoms in total. The van der Waals surface area contributed by atoms with Crippen LogP contribution in [-0.2, 0) is 9.53 Å². The van der Waals surface area contributed by atoms with Gasteiger partial charge in [-0.1, -0.05) is 50.0 Å². The monoisotopic (exact) mass is 331 g/mol. The molecule has 1 aromatic carbocycles. The number of rotatable bonds is 7. The van der Waals surface area contributed by atoms with Crippen molar-refractivity contribution in [3.8, 4) is 11.8 Å². The molecule has 1 atom stereocenters. The van der Waals surface area contributed by atoms with Crippen LogP contribution in [0.15, 0.2) is 30.3 Å². The zero-order valence-corrected chi connectivity index (χ0v) is 16.1. The first-order valence-electron chi connectivity index (χ1n) is 8.24. The van der Waals surface area contributed by atoms with E-state index in [1.807, 2.05) is 37.3 Å². The van der Waals surface area contributed by atoms with Crippen LogP contribution in [0.3, 0.4) is 0 Å². The van der Waals surface area contributed by atoms with E-state index in [-0.39, 0.29) is 12.1 Å². The van der Waals surface area contributed by atoms with Crippen LogP contribution in [0.4, 0.5) is 0 Å². The molecule has 0 aliphatic heterocycles. The summed E-state index contributed by atoms with van der Waals surface area (Å²) in [5.41, 5.74) is 1.000. The van der Waals surface area contributed by atoms with Crippen molar-refractivity contribution in [1.29, 1.82) is 0 Å². The van der Waals surface area contributed by atoms with Crippen molar-refractivity contribution < 1.29 is 9.53 Å². The molecule has 0 spiro atoms. The Balaban J connectivity index is 2.76. The van der Waals surface area contributed by atoms with Gasteiger partial charge >= 0.3 is 0 Å². The van der Waals surface area contributed by atoms with Gasteiger partial charge in [0.2, 0.25) is 5.91 Å². The molecule has 23 heavy (non-hydrogen) atoms. The third-order valence-corrected chi connectivity index (χ3v) is 4.56. The molecule has 0 saturated heterocycles. The lowest BCUT2D eigenvalue weighted by atomic mass is 10.1. The number of carbonyl (C=O) groups excluding carboxylic acids is 1. The predicted molar refractivity (Wildman–Crippen MR) is 98.7 cm³/mol. The lowest BCUT2D eigenvalue weighted by Gasteiger charge is -2.30. The summed E-state index contributed by atoms with van der Waals surface area (Å²) in [6.45, 7) is 11.6. The average Bonchev–Trinajstić information content (AvgIpc) is 2.48. The second kappa shape index (κ2) is 9.54. The molecule has 0 fully saturated rings. The Hall–Kier alpha value is -1.57. The average molecular weight is 332 g/mol. The number of carbonyl (C=O) groups is 1. The smallest absolute Gasteiger partial charge is 0.221 e. The molecule has 0 saturated carbocycles. The fourth-order valence-corrected chi connectivity index (χ4v) is 2.83. The van der Waals surface area contributed by atoms with Crippen molar-refractivity contribution in [2.45, 2.75) is 52.2 Å². The van der Waals surface area contributed by atoms with Crippen molar-refractivity contribution in [3.05, 3.63) is 35.9 Å². The SMILES string of the molecule is CCOC(c1ccccc1)N(CCC#CC[Si](C)(C)C)C(C)=O. The van der Waals surface area contributed by atoms with Gasteiger partial charge in [0.1, 0.15) is 0 Å². The number of hydrogen-bond acceptors (Lipinski definition) is 2. The molecule has 0 N–H and O–H groups in total. The van der Waals surface area contributed by atoms with Crippen molar-refractivity contribution in [2.24, 2.45) is 0 Å². The molecule has 0 bridgehead atoms. The summed E-state index contributed by atoms with van der Waals surface area (Å²) < 4.78 is 5.83. The van der Waals surface area contributed by atoms with Crippen molar-refractivity contribution in [1.82, 2.24) is 4.90 Å². The number of ether oxygens (including phenoxy) is 1. The maximum absolute atomic E-state index is 12.1. The van der Waals surface area contributed by atoms with E-state index in [2.05, 4.69) is 31.5 Å². The molecule has 0 aliphatic rings. The molecule has 0 radical (unpaired) electrons. The Bertz CT molecular complexity index is 540. The van der Waals surface area contributed by atoms with Crippen molar-refractivity contribution in [2.75, 3.05) is 13.2 Å². The van der Waals surface area contributed by atoms with Crippen LogP contribution in [0.1, 0.15) is 32.1 Å². The number of hydrogen-bond donors (Lipinski definition) is 0. The number of nitrogens with zero attached hydrogens (tertiary/aromatic N) is 1. The summed E-state index contributed by atoms with van der Waals surface area (Å²) in [4.78, 5) is 13.8. The van der Waals surface area contributed by atoms with Gasteiger partial charge in [-0.05, 0) is 6.92 Å². The van der Waals surface area contributed by atoms with Gasteiger partial charge in [0.25, 0.3) is 0 Å². The van der Waals surface area contributed by atoms with Gasteiger partial charge in [0, 0.05) is 38.1 Å². The van der Waals surface area contributed by atoms with Crippen LogP contribution < -0.4 is 0 Å². The van der Waals surface area contributed by atoms with Crippen molar-refractivity contribution >= 4 is 14.0 Å². The zero-order valence-electron chi connectivity index (χ0n) is 15.1. The van der Waals surface area contributed by atoms with E-state index in [0.29, 0.717) is 19.6 Å². The molecule has 1 rings (SSSR count). The molecule has 1 unspecified atom stereocenters. The minimum Gasteiger partial charge on any atom is -0.354 e. The lowest BCUT2D eigenvalue weighted by molar-refractivity contribution is -0.144. The fourth-order valence-electron chi connectivity index (χ4n) is 2.17. The quantitative estimate of drug-likeness (QED) is 0.423. The van der Waals surface area contributed by atoms with E-state index in [0.717, 1.165) is 11.6 Å². The van der Waals surface area contributed by atoms with Crippen LogP contribution in [0.5, 0.6) is 0 Å². The van der Waals surface area contributed by atoms with Crippen LogP contribution in [0.25, 0.3) is 0 Å². The summed E-state index contributed by atoms with van der Waals surface area (Å²) in [6.07, 6.45) is 0.345. The minimum atomic E-state index is -1.12. The van der Waals surface area contributed by atoms with Crippen LogP contribution in [-0.4, -0.2) is 32.0 Å². The first-order valence-corrected chi connectivity index (χ1v) is 12.0. The van der Waals surface area contributed by atoms with E-state index in [1.54, 1.807) is 11.8 Å². The second-order valence-corrected chi connectivity index (χ2v) is 12.2. The standard InChI is InChI=1S/C19H29NO2Si/c1-6-22-19(18-13-9-7-10-14-18)20(17(2)21)15-11-8-12-16-23(3,4)5/h7,9-10,13-14,19H,6,11,15-16H2,1-5H3. The van der Waals surface area contributed by atoms with Crippen LogP contribution in [0, 0.1) is 11.8 Å². The molecular weight excluding hydrogens is 302 g/mol. The summed E-state index contributed by atoms with van der Waals surface area (Å²) in [5.74, 6) is 6.49.